The van der Waals surface area contributed by atoms with Crippen LogP contribution >= 0.6 is 22.8 Å². The summed E-state index contributed by atoms with van der Waals surface area (Å²) in [5.74, 6) is 0.0766. The molecule has 0 spiro atoms. The van der Waals surface area contributed by atoms with Gasteiger partial charge >= 0.3 is 0 Å². The molecule has 1 aromatic rings. The zero-order chi connectivity index (χ0) is 10.9. The van der Waals surface area contributed by atoms with Crippen LogP contribution in [-0.2, 0) is 0 Å². The van der Waals surface area contributed by atoms with Gasteiger partial charge in [0.1, 0.15) is 0 Å². The third-order valence-corrected chi connectivity index (χ3v) is 3.15. The smallest absolute Gasteiger partial charge is 0.120 e. The first kappa shape index (κ1) is 11.7. The van der Waals surface area contributed by atoms with Crippen molar-refractivity contribution in [1.82, 2.24) is 0 Å². The Balaban J connectivity index is 3.22. The summed E-state index contributed by atoms with van der Waals surface area (Å²) < 4.78 is 37.5. The lowest BCUT2D eigenvalue weighted by atomic mass is 10.0. The van der Waals surface area contributed by atoms with E-state index in [0.29, 0.717) is 5.56 Å². The first-order valence-electron chi connectivity index (χ1n) is 4.04. The van der Waals surface area contributed by atoms with Gasteiger partial charge in [0.2, 0.25) is 11.2 Å². The Morgan fingerprint density at radius 1 is 1.21 bits per heavy atom. The van der Waals surface area contributed by atoms with Crippen LogP contribution in [0.15, 0.2) is 23.1 Å². The van der Waals surface area contributed by atoms with Crippen molar-refractivity contribution in [2.45, 2.75) is 24.7 Å². The van der Waals surface area contributed by atoms with Crippen molar-refractivity contribution in [3.05, 3.63) is 28.8 Å². The lowest BCUT2D eigenvalue weighted by molar-refractivity contribution is 0.632. The minimum atomic E-state index is -5.22. The standard InChI is InChI=1S/C9H10ClF3S/c1-6(2)7-3-4-8(10)9(5-7)14(11,12)13/h3-6H,1-2H3. The van der Waals surface area contributed by atoms with Gasteiger partial charge in [-0.3, -0.25) is 0 Å². The fourth-order valence-corrected chi connectivity index (χ4v) is 2.00. The van der Waals surface area contributed by atoms with E-state index in [2.05, 4.69) is 0 Å². The second-order valence-electron chi connectivity index (χ2n) is 3.25. The van der Waals surface area contributed by atoms with E-state index in [1.807, 2.05) is 13.8 Å². The number of hydrogen-bond donors (Lipinski definition) is 0. The molecule has 0 radical (unpaired) electrons. The Morgan fingerprint density at radius 3 is 2.21 bits per heavy atom. The largest absolute Gasteiger partial charge is 0.239 e. The molecular formula is C9H10ClF3S. The predicted octanol–water partition coefficient (Wildman–Crippen LogP) is 5.28. The van der Waals surface area contributed by atoms with Gasteiger partial charge in [0.05, 0.1) is 9.92 Å². The topological polar surface area (TPSA) is 0 Å². The van der Waals surface area contributed by atoms with E-state index in [-0.39, 0.29) is 10.9 Å². The molecule has 80 valence electrons. The van der Waals surface area contributed by atoms with E-state index < -0.39 is 16.1 Å². The Kier molecular flexibility index (Phi) is 3.37. The molecule has 0 atom stereocenters. The van der Waals surface area contributed by atoms with Crippen LogP contribution in [0.25, 0.3) is 0 Å². The van der Waals surface area contributed by atoms with E-state index in [0.717, 1.165) is 6.07 Å². The molecule has 0 unspecified atom stereocenters. The van der Waals surface area contributed by atoms with Gasteiger partial charge in [-0.05, 0) is 23.6 Å². The highest BCUT2D eigenvalue weighted by Crippen LogP contribution is 2.62. The number of benzene rings is 1. The van der Waals surface area contributed by atoms with Gasteiger partial charge < -0.3 is 0 Å². The van der Waals surface area contributed by atoms with Crippen LogP contribution < -0.4 is 0 Å². The highest BCUT2D eigenvalue weighted by atomic mass is 35.5. The zero-order valence-corrected chi connectivity index (χ0v) is 9.30. The molecule has 0 fully saturated rings. The van der Waals surface area contributed by atoms with Crippen LogP contribution in [0.5, 0.6) is 0 Å². The number of halogens is 4. The van der Waals surface area contributed by atoms with Crippen LogP contribution in [0.3, 0.4) is 0 Å². The third kappa shape index (κ3) is 2.58. The van der Waals surface area contributed by atoms with Crippen LogP contribution in [0.2, 0.25) is 5.02 Å². The maximum atomic E-state index is 12.5. The first-order valence-corrected chi connectivity index (χ1v) is 5.75. The highest BCUT2D eigenvalue weighted by Gasteiger charge is 2.27. The summed E-state index contributed by atoms with van der Waals surface area (Å²) in [5.41, 5.74) is 0.661. The zero-order valence-electron chi connectivity index (χ0n) is 7.73. The lowest BCUT2D eigenvalue weighted by Gasteiger charge is -2.14. The number of rotatable bonds is 2. The van der Waals surface area contributed by atoms with E-state index >= 15 is 0 Å². The minimum Gasteiger partial charge on any atom is -0.120 e. The summed E-state index contributed by atoms with van der Waals surface area (Å²) in [5, 5.41) is -0.211. The molecule has 0 aliphatic carbocycles. The van der Waals surface area contributed by atoms with Gasteiger partial charge in [0.15, 0.2) is 0 Å². The molecule has 0 aliphatic heterocycles. The summed E-state index contributed by atoms with van der Waals surface area (Å²) in [6, 6.07) is 4.08. The van der Waals surface area contributed by atoms with Gasteiger partial charge in [-0.25, -0.2) is 0 Å². The normalized spacial score (nSPS) is 13.4. The lowest BCUT2D eigenvalue weighted by Crippen LogP contribution is -1.90. The molecule has 0 N–H and O–H groups in total. The highest BCUT2D eigenvalue weighted by molar-refractivity contribution is 8.21. The van der Waals surface area contributed by atoms with Crippen LogP contribution in [0.1, 0.15) is 25.3 Å². The monoisotopic (exact) mass is 242 g/mol. The van der Waals surface area contributed by atoms with Crippen molar-refractivity contribution in [3.8, 4) is 0 Å². The van der Waals surface area contributed by atoms with Crippen LogP contribution in [0, 0.1) is 0 Å². The maximum Gasteiger partial charge on any atom is 0.239 e. The molecule has 0 aromatic heterocycles. The van der Waals surface area contributed by atoms with Gasteiger partial charge in [-0.15, -0.1) is 11.7 Å². The van der Waals surface area contributed by atoms with Gasteiger partial charge in [-0.1, -0.05) is 31.5 Å². The quantitative estimate of drug-likeness (QED) is 0.662. The Morgan fingerprint density at radius 2 is 1.79 bits per heavy atom. The molecule has 0 nitrogen and oxygen atoms in total. The molecule has 0 amide bonds. The van der Waals surface area contributed by atoms with Crippen molar-refractivity contribution < 1.29 is 11.7 Å². The van der Waals surface area contributed by atoms with Crippen molar-refractivity contribution in [2.24, 2.45) is 0 Å². The molecule has 0 bridgehead atoms. The maximum absolute atomic E-state index is 12.5. The summed E-state index contributed by atoms with van der Waals surface area (Å²) in [6.07, 6.45) is 0. The molecular weight excluding hydrogens is 233 g/mol. The summed E-state index contributed by atoms with van der Waals surface area (Å²) in [7, 11) is 0. The second-order valence-corrected chi connectivity index (χ2v) is 4.91. The molecule has 0 saturated heterocycles. The molecule has 5 heteroatoms. The van der Waals surface area contributed by atoms with Gasteiger partial charge in [0.25, 0.3) is 0 Å². The fourth-order valence-electron chi connectivity index (χ4n) is 1.06. The van der Waals surface area contributed by atoms with Crippen molar-refractivity contribution in [2.75, 3.05) is 0 Å². The van der Waals surface area contributed by atoms with Crippen molar-refractivity contribution in [3.63, 3.8) is 0 Å². The fraction of sp³-hybridized carbons (Fsp3) is 0.333. The summed E-state index contributed by atoms with van der Waals surface area (Å²) in [6.45, 7) is 3.69. The predicted molar refractivity (Wildman–Crippen MR) is 54.7 cm³/mol. The van der Waals surface area contributed by atoms with Gasteiger partial charge in [0, 0.05) is 0 Å². The molecule has 14 heavy (non-hydrogen) atoms. The van der Waals surface area contributed by atoms with Crippen molar-refractivity contribution >= 4 is 22.8 Å². The van der Waals surface area contributed by atoms with E-state index in [1.165, 1.54) is 6.07 Å². The Hall–Kier alpha value is -0.350. The van der Waals surface area contributed by atoms with Crippen LogP contribution in [0.4, 0.5) is 11.7 Å². The molecule has 1 aromatic carbocycles. The summed E-state index contributed by atoms with van der Waals surface area (Å²) in [4.78, 5) is -0.676. The molecule has 0 aliphatic rings. The van der Waals surface area contributed by atoms with Crippen LogP contribution in [-0.4, -0.2) is 0 Å². The number of hydrogen-bond acceptors (Lipinski definition) is 0. The first-order chi connectivity index (χ1) is 6.32. The second kappa shape index (κ2) is 4.03. The minimum absolute atomic E-state index is 0.0766. The van der Waals surface area contributed by atoms with Gasteiger partial charge in [-0.2, -0.15) is 0 Å². The Bertz CT molecular complexity index is 333. The SMILES string of the molecule is CC(C)c1ccc(Cl)c(S(F)(F)F)c1. The Labute approximate surface area is 88.3 Å². The van der Waals surface area contributed by atoms with Crippen molar-refractivity contribution in [1.29, 1.82) is 0 Å². The average molecular weight is 243 g/mol. The molecule has 1 rings (SSSR count). The average Bonchev–Trinajstić information content (AvgIpc) is 2.02. The van der Waals surface area contributed by atoms with E-state index in [4.69, 9.17) is 11.6 Å². The van der Waals surface area contributed by atoms with E-state index in [1.54, 1.807) is 6.07 Å². The summed E-state index contributed by atoms with van der Waals surface area (Å²) >= 11 is 0.265. The molecule has 0 saturated carbocycles. The van der Waals surface area contributed by atoms with E-state index in [9.17, 15) is 11.7 Å². The molecule has 0 heterocycles. The third-order valence-electron chi connectivity index (χ3n) is 1.87.